The first-order chi connectivity index (χ1) is 12.8. The standard InChI is InChI=1S/C20H25N5O2/c1-20(2,3)25-19-16(12-23-25)18(21-13-22-19)24-15(9-10-17(26)27)11-14-7-5-4-6-8-14/h4-8,12-13,15H,9-11H2,1-3H3,(H,26,27)(H,21,22,24). The van der Waals surface area contributed by atoms with Crippen LogP contribution in [0.3, 0.4) is 0 Å². The van der Waals surface area contributed by atoms with Gasteiger partial charge in [-0.25, -0.2) is 14.6 Å². The number of nitrogens with one attached hydrogen (secondary N) is 1. The molecule has 142 valence electrons. The Kier molecular flexibility index (Phi) is 5.39. The largest absolute Gasteiger partial charge is 0.481 e. The van der Waals surface area contributed by atoms with Gasteiger partial charge in [0.1, 0.15) is 12.1 Å². The Morgan fingerprint density at radius 1 is 1.22 bits per heavy atom. The van der Waals surface area contributed by atoms with Gasteiger partial charge >= 0.3 is 5.97 Å². The molecular formula is C20H25N5O2. The van der Waals surface area contributed by atoms with E-state index in [1.54, 1.807) is 6.20 Å². The monoisotopic (exact) mass is 367 g/mol. The van der Waals surface area contributed by atoms with Gasteiger partial charge in [-0.3, -0.25) is 4.79 Å². The Morgan fingerprint density at radius 3 is 2.63 bits per heavy atom. The maximum atomic E-state index is 11.1. The second-order valence-electron chi connectivity index (χ2n) is 7.65. The van der Waals surface area contributed by atoms with Crippen LogP contribution in [-0.2, 0) is 16.8 Å². The van der Waals surface area contributed by atoms with Crippen molar-refractivity contribution in [3.8, 4) is 0 Å². The summed E-state index contributed by atoms with van der Waals surface area (Å²) in [7, 11) is 0. The summed E-state index contributed by atoms with van der Waals surface area (Å²) in [6.45, 7) is 6.21. The summed E-state index contributed by atoms with van der Waals surface area (Å²) in [5.41, 5.74) is 1.72. The Morgan fingerprint density at radius 2 is 1.96 bits per heavy atom. The van der Waals surface area contributed by atoms with E-state index in [4.69, 9.17) is 5.11 Å². The summed E-state index contributed by atoms with van der Waals surface area (Å²) in [5, 5.41) is 17.8. The van der Waals surface area contributed by atoms with E-state index >= 15 is 0 Å². The number of rotatable bonds is 7. The van der Waals surface area contributed by atoms with E-state index in [1.165, 1.54) is 6.33 Å². The Labute approximate surface area is 158 Å². The van der Waals surface area contributed by atoms with Crippen LogP contribution in [0, 0.1) is 0 Å². The molecular weight excluding hydrogens is 342 g/mol. The van der Waals surface area contributed by atoms with Crippen LogP contribution >= 0.6 is 0 Å². The second kappa shape index (κ2) is 7.73. The van der Waals surface area contributed by atoms with Gasteiger partial charge in [0, 0.05) is 12.5 Å². The first-order valence-electron chi connectivity index (χ1n) is 9.06. The van der Waals surface area contributed by atoms with Crippen molar-refractivity contribution >= 4 is 22.8 Å². The van der Waals surface area contributed by atoms with Crippen LogP contribution in [-0.4, -0.2) is 36.9 Å². The van der Waals surface area contributed by atoms with Crippen LogP contribution in [0.4, 0.5) is 5.82 Å². The topological polar surface area (TPSA) is 92.9 Å². The molecule has 0 aliphatic rings. The van der Waals surface area contributed by atoms with E-state index in [-0.39, 0.29) is 18.0 Å². The van der Waals surface area contributed by atoms with Gasteiger partial charge in [0.05, 0.1) is 17.1 Å². The third-order valence-corrected chi connectivity index (χ3v) is 4.37. The molecule has 0 spiro atoms. The molecule has 0 saturated heterocycles. The summed E-state index contributed by atoms with van der Waals surface area (Å²) < 4.78 is 1.87. The number of fused-ring (bicyclic) bond motifs is 1. The van der Waals surface area contributed by atoms with Crippen molar-refractivity contribution in [1.82, 2.24) is 19.7 Å². The lowest BCUT2D eigenvalue weighted by Crippen LogP contribution is -2.25. The normalized spacial score (nSPS) is 12.9. The van der Waals surface area contributed by atoms with Crippen molar-refractivity contribution in [3.63, 3.8) is 0 Å². The quantitative estimate of drug-likeness (QED) is 0.664. The Balaban J connectivity index is 1.88. The van der Waals surface area contributed by atoms with Crippen LogP contribution in [0.1, 0.15) is 39.2 Å². The van der Waals surface area contributed by atoms with E-state index in [0.717, 1.165) is 16.6 Å². The molecule has 0 saturated carbocycles. The van der Waals surface area contributed by atoms with Gasteiger partial charge in [-0.05, 0) is 39.2 Å². The number of hydrogen-bond donors (Lipinski definition) is 2. The lowest BCUT2D eigenvalue weighted by molar-refractivity contribution is -0.137. The molecule has 0 fully saturated rings. The van der Waals surface area contributed by atoms with E-state index in [2.05, 4.69) is 41.2 Å². The number of aliphatic carboxylic acids is 1. The minimum Gasteiger partial charge on any atom is -0.481 e. The predicted octanol–water partition coefficient (Wildman–Crippen LogP) is 3.47. The zero-order valence-corrected chi connectivity index (χ0v) is 15.9. The smallest absolute Gasteiger partial charge is 0.303 e. The van der Waals surface area contributed by atoms with Crippen molar-refractivity contribution in [2.45, 2.75) is 51.6 Å². The number of carbonyl (C=O) groups is 1. The number of carboxylic acids is 1. The number of anilines is 1. The molecule has 1 unspecified atom stereocenters. The lowest BCUT2D eigenvalue weighted by Gasteiger charge is -2.21. The molecule has 0 aliphatic carbocycles. The molecule has 3 aromatic rings. The summed E-state index contributed by atoms with van der Waals surface area (Å²) in [6.07, 6.45) is 4.60. The highest BCUT2D eigenvalue weighted by atomic mass is 16.4. The Hall–Kier alpha value is -2.96. The molecule has 0 radical (unpaired) electrons. The van der Waals surface area contributed by atoms with Crippen LogP contribution in [0.15, 0.2) is 42.9 Å². The van der Waals surface area contributed by atoms with E-state index in [9.17, 15) is 4.79 Å². The minimum absolute atomic E-state index is 0.0559. The average Bonchev–Trinajstić information content (AvgIpc) is 3.06. The molecule has 1 atom stereocenters. The van der Waals surface area contributed by atoms with Crippen LogP contribution < -0.4 is 5.32 Å². The summed E-state index contributed by atoms with van der Waals surface area (Å²) in [5.74, 6) is -0.120. The molecule has 7 heteroatoms. The van der Waals surface area contributed by atoms with Gasteiger partial charge in [-0.2, -0.15) is 5.10 Å². The third kappa shape index (κ3) is 4.61. The van der Waals surface area contributed by atoms with Crippen LogP contribution in [0.2, 0.25) is 0 Å². The maximum absolute atomic E-state index is 11.1. The Bertz CT molecular complexity index is 915. The molecule has 1 aromatic carbocycles. The second-order valence-corrected chi connectivity index (χ2v) is 7.65. The lowest BCUT2D eigenvalue weighted by atomic mass is 10.0. The predicted molar refractivity (Wildman–Crippen MR) is 105 cm³/mol. The number of benzene rings is 1. The first-order valence-corrected chi connectivity index (χ1v) is 9.06. The fourth-order valence-corrected chi connectivity index (χ4v) is 3.06. The summed E-state index contributed by atoms with van der Waals surface area (Å²) >= 11 is 0. The third-order valence-electron chi connectivity index (χ3n) is 4.37. The number of hydrogen-bond acceptors (Lipinski definition) is 5. The average molecular weight is 367 g/mol. The van der Waals surface area contributed by atoms with Gasteiger partial charge in [0.15, 0.2) is 5.65 Å². The van der Waals surface area contributed by atoms with Crippen LogP contribution in [0.5, 0.6) is 0 Å². The molecule has 0 bridgehead atoms. The molecule has 7 nitrogen and oxygen atoms in total. The number of nitrogens with zero attached hydrogens (tertiary/aromatic N) is 4. The van der Waals surface area contributed by atoms with Crippen molar-refractivity contribution in [3.05, 3.63) is 48.4 Å². The molecule has 2 heterocycles. The van der Waals surface area contributed by atoms with E-state index in [1.807, 2.05) is 35.0 Å². The molecule has 2 aromatic heterocycles. The van der Waals surface area contributed by atoms with Crippen molar-refractivity contribution in [2.24, 2.45) is 0 Å². The zero-order valence-electron chi connectivity index (χ0n) is 15.9. The fraction of sp³-hybridized carbons (Fsp3) is 0.400. The first kappa shape index (κ1) is 18.8. The van der Waals surface area contributed by atoms with Gasteiger partial charge in [0.2, 0.25) is 0 Å². The number of carboxylic acid groups (broad SMARTS) is 1. The van der Waals surface area contributed by atoms with Crippen molar-refractivity contribution in [2.75, 3.05) is 5.32 Å². The fourth-order valence-electron chi connectivity index (χ4n) is 3.06. The molecule has 2 N–H and O–H groups in total. The highest BCUT2D eigenvalue weighted by Gasteiger charge is 2.21. The maximum Gasteiger partial charge on any atom is 0.303 e. The highest BCUT2D eigenvalue weighted by molar-refractivity contribution is 5.86. The number of aromatic nitrogens is 4. The van der Waals surface area contributed by atoms with Crippen LogP contribution in [0.25, 0.3) is 11.0 Å². The van der Waals surface area contributed by atoms with Gasteiger partial charge in [-0.1, -0.05) is 30.3 Å². The van der Waals surface area contributed by atoms with Gasteiger partial charge in [-0.15, -0.1) is 0 Å². The van der Waals surface area contributed by atoms with Gasteiger partial charge in [0.25, 0.3) is 0 Å². The molecule has 0 aliphatic heterocycles. The minimum atomic E-state index is -0.803. The summed E-state index contributed by atoms with van der Waals surface area (Å²) in [4.78, 5) is 19.8. The van der Waals surface area contributed by atoms with Gasteiger partial charge < -0.3 is 10.4 Å². The van der Waals surface area contributed by atoms with E-state index < -0.39 is 5.97 Å². The molecule has 3 rings (SSSR count). The SMILES string of the molecule is CC(C)(C)n1ncc2c(NC(CCC(=O)O)Cc3ccccc3)ncnc21. The van der Waals surface area contributed by atoms with E-state index in [0.29, 0.717) is 18.7 Å². The molecule has 27 heavy (non-hydrogen) atoms. The molecule has 0 amide bonds. The van der Waals surface area contributed by atoms with Crippen molar-refractivity contribution < 1.29 is 9.90 Å². The zero-order chi connectivity index (χ0) is 19.4. The van der Waals surface area contributed by atoms with Crippen molar-refractivity contribution in [1.29, 1.82) is 0 Å². The summed E-state index contributed by atoms with van der Waals surface area (Å²) in [6, 6.07) is 9.97. The highest BCUT2D eigenvalue weighted by Crippen LogP contribution is 2.25.